The van der Waals surface area contributed by atoms with E-state index < -0.39 is 26.7 Å². The third-order valence-corrected chi connectivity index (χ3v) is 5.31. The van der Waals surface area contributed by atoms with Gasteiger partial charge in [0.2, 0.25) is 0 Å². The number of pyridine rings is 1. The second-order valence-electron chi connectivity index (χ2n) is 4.59. The Bertz CT molecular complexity index is 871. The van der Waals surface area contributed by atoms with E-state index >= 15 is 0 Å². The SMILES string of the molecule is COC(=O)c1cc(F)c(Br)c(S(=O)(=O)Nc2cc(C)ccn2)c1. The average Bonchev–Trinajstić information content (AvgIpc) is 2.48. The van der Waals surface area contributed by atoms with Crippen molar-refractivity contribution in [3.05, 3.63) is 51.9 Å². The quantitative estimate of drug-likeness (QED) is 0.794. The van der Waals surface area contributed by atoms with Crippen LogP contribution in [0.3, 0.4) is 0 Å². The van der Waals surface area contributed by atoms with Crippen LogP contribution in [0.4, 0.5) is 10.2 Å². The van der Waals surface area contributed by atoms with Gasteiger partial charge in [0.05, 0.1) is 17.1 Å². The number of rotatable bonds is 4. The monoisotopic (exact) mass is 402 g/mol. The summed E-state index contributed by atoms with van der Waals surface area (Å²) in [4.78, 5) is 15.0. The molecule has 0 saturated carbocycles. The number of hydrogen-bond acceptors (Lipinski definition) is 5. The molecule has 6 nitrogen and oxygen atoms in total. The number of carbonyl (C=O) groups is 1. The molecule has 2 rings (SSSR count). The lowest BCUT2D eigenvalue weighted by Crippen LogP contribution is -2.16. The molecule has 9 heteroatoms. The number of halogens is 2. The maximum absolute atomic E-state index is 13.9. The van der Waals surface area contributed by atoms with Gasteiger partial charge in [0, 0.05) is 6.20 Å². The molecule has 0 fully saturated rings. The van der Waals surface area contributed by atoms with E-state index in [0.717, 1.165) is 24.8 Å². The number of nitrogens with zero attached hydrogens (tertiary/aromatic N) is 1. The Morgan fingerprint density at radius 2 is 2.04 bits per heavy atom. The zero-order valence-electron chi connectivity index (χ0n) is 12.1. The standard InChI is InChI=1S/C14H12BrFN2O4S/c1-8-3-4-17-12(5-8)18-23(20,21)11-7-9(14(19)22-2)6-10(16)13(11)15/h3-7H,1-2H3,(H,17,18). The van der Waals surface area contributed by atoms with Crippen LogP contribution in [-0.2, 0) is 14.8 Å². The fraction of sp³-hybridized carbons (Fsp3) is 0.143. The molecule has 0 radical (unpaired) electrons. The van der Waals surface area contributed by atoms with E-state index in [4.69, 9.17) is 0 Å². The smallest absolute Gasteiger partial charge is 0.337 e. The van der Waals surface area contributed by atoms with Gasteiger partial charge in [0.1, 0.15) is 16.5 Å². The summed E-state index contributed by atoms with van der Waals surface area (Å²) in [6.45, 7) is 1.77. The molecule has 0 bridgehead atoms. The molecule has 1 aromatic carbocycles. The van der Waals surface area contributed by atoms with E-state index in [0.29, 0.717) is 0 Å². The summed E-state index contributed by atoms with van der Waals surface area (Å²) in [6, 6.07) is 5.13. The van der Waals surface area contributed by atoms with Crippen molar-refractivity contribution < 1.29 is 22.3 Å². The molecule has 0 saturated heterocycles. The van der Waals surface area contributed by atoms with Crippen LogP contribution >= 0.6 is 15.9 Å². The van der Waals surface area contributed by atoms with Crippen LogP contribution in [0.5, 0.6) is 0 Å². The Kier molecular flexibility index (Phi) is 5.00. The van der Waals surface area contributed by atoms with Crippen LogP contribution < -0.4 is 4.72 Å². The first-order valence-corrected chi connectivity index (χ1v) is 8.55. The van der Waals surface area contributed by atoms with Crippen molar-refractivity contribution in [2.75, 3.05) is 11.8 Å². The topological polar surface area (TPSA) is 85.4 Å². The second kappa shape index (κ2) is 6.63. The number of nitrogens with one attached hydrogen (secondary N) is 1. The van der Waals surface area contributed by atoms with Crippen molar-refractivity contribution in [2.24, 2.45) is 0 Å². The fourth-order valence-corrected chi connectivity index (χ4v) is 3.76. The molecule has 0 aliphatic carbocycles. The molecule has 2 aromatic rings. The number of methoxy groups -OCH3 is 1. The first kappa shape index (κ1) is 17.4. The molecule has 122 valence electrons. The number of anilines is 1. The summed E-state index contributed by atoms with van der Waals surface area (Å²) in [5.74, 6) is -1.66. The van der Waals surface area contributed by atoms with Gasteiger partial charge in [-0.15, -0.1) is 0 Å². The normalized spacial score (nSPS) is 11.1. The highest BCUT2D eigenvalue weighted by molar-refractivity contribution is 9.10. The van der Waals surface area contributed by atoms with E-state index in [1.54, 1.807) is 13.0 Å². The number of sulfonamides is 1. The Hall–Kier alpha value is -2.00. The summed E-state index contributed by atoms with van der Waals surface area (Å²) >= 11 is 2.88. The third kappa shape index (κ3) is 3.85. The lowest BCUT2D eigenvalue weighted by molar-refractivity contribution is 0.0600. The molecule has 0 spiro atoms. The van der Waals surface area contributed by atoms with Crippen LogP contribution in [0, 0.1) is 12.7 Å². The molecule has 1 N–H and O–H groups in total. The summed E-state index contributed by atoms with van der Waals surface area (Å²) in [5.41, 5.74) is 0.581. The Morgan fingerprint density at radius 3 is 2.65 bits per heavy atom. The fourth-order valence-electron chi connectivity index (χ4n) is 1.78. The maximum Gasteiger partial charge on any atom is 0.337 e. The van der Waals surface area contributed by atoms with Crippen molar-refractivity contribution in [1.82, 2.24) is 4.98 Å². The minimum Gasteiger partial charge on any atom is -0.465 e. The van der Waals surface area contributed by atoms with Crippen molar-refractivity contribution in [1.29, 1.82) is 0 Å². The number of aromatic nitrogens is 1. The second-order valence-corrected chi connectivity index (χ2v) is 7.03. The predicted octanol–water partition coefficient (Wildman–Crippen LogP) is 2.88. The average molecular weight is 403 g/mol. The highest BCUT2D eigenvalue weighted by Crippen LogP contribution is 2.28. The van der Waals surface area contributed by atoms with E-state index in [1.807, 2.05) is 0 Å². The number of carbonyl (C=O) groups excluding carboxylic acids is 1. The zero-order chi connectivity index (χ0) is 17.2. The van der Waals surface area contributed by atoms with Gasteiger partial charge < -0.3 is 4.74 Å². The maximum atomic E-state index is 13.9. The van der Waals surface area contributed by atoms with Gasteiger partial charge in [-0.05, 0) is 52.7 Å². The van der Waals surface area contributed by atoms with E-state index in [-0.39, 0.29) is 15.9 Å². The third-order valence-electron chi connectivity index (χ3n) is 2.86. The molecule has 1 heterocycles. The van der Waals surface area contributed by atoms with E-state index in [1.165, 1.54) is 12.3 Å². The number of aryl methyl sites for hydroxylation is 1. The minimum atomic E-state index is -4.15. The van der Waals surface area contributed by atoms with Gasteiger partial charge in [0.25, 0.3) is 10.0 Å². The molecular weight excluding hydrogens is 391 g/mol. The molecule has 0 unspecified atom stereocenters. The molecule has 1 aromatic heterocycles. The summed E-state index contributed by atoms with van der Waals surface area (Å²) < 4.78 is 45.2. The van der Waals surface area contributed by atoms with Crippen LogP contribution in [0.2, 0.25) is 0 Å². The highest BCUT2D eigenvalue weighted by atomic mass is 79.9. The van der Waals surface area contributed by atoms with Crippen LogP contribution in [0.25, 0.3) is 0 Å². The predicted molar refractivity (Wildman–Crippen MR) is 85.2 cm³/mol. The molecule has 0 aliphatic heterocycles. The van der Waals surface area contributed by atoms with Gasteiger partial charge in [-0.3, -0.25) is 4.72 Å². The van der Waals surface area contributed by atoms with Gasteiger partial charge in [-0.1, -0.05) is 0 Å². The first-order valence-electron chi connectivity index (χ1n) is 6.27. The van der Waals surface area contributed by atoms with Crippen molar-refractivity contribution in [3.63, 3.8) is 0 Å². The molecular formula is C14H12BrFN2O4S. The van der Waals surface area contributed by atoms with Crippen LogP contribution in [0.15, 0.2) is 39.8 Å². The molecule has 0 atom stereocenters. The van der Waals surface area contributed by atoms with Crippen molar-refractivity contribution >= 4 is 37.7 Å². The first-order chi connectivity index (χ1) is 10.7. The Labute approximate surface area is 140 Å². The lowest BCUT2D eigenvalue weighted by atomic mass is 10.2. The summed E-state index contributed by atoms with van der Waals surface area (Å²) in [6.07, 6.45) is 1.44. The van der Waals surface area contributed by atoms with E-state index in [2.05, 4.69) is 30.4 Å². The number of esters is 1. The van der Waals surface area contributed by atoms with Gasteiger partial charge >= 0.3 is 5.97 Å². The number of benzene rings is 1. The Morgan fingerprint density at radius 1 is 1.35 bits per heavy atom. The molecule has 23 heavy (non-hydrogen) atoms. The van der Waals surface area contributed by atoms with Crippen LogP contribution in [-0.4, -0.2) is 26.5 Å². The molecule has 0 aliphatic rings. The lowest BCUT2D eigenvalue weighted by Gasteiger charge is -2.11. The van der Waals surface area contributed by atoms with Crippen molar-refractivity contribution in [3.8, 4) is 0 Å². The van der Waals surface area contributed by atoms with Gasteiger partial charge in [-0.2, -0.15) is 0 Å². The Balaban J connectivity index is 2.50. The summed E-state index contributed by atoms with van der Waals surface area (Å²) in [7, 11) is -3.04. The van der Waals surface area contributed by atoms with Gasteiger partial charge in [-0.25, -0.2) is 22.6 Å². The highest BCUT2D eigenvalue weighted by Gasteiger charge is 2.24. The van der Waals surface area contributed by atoms with Gasteiger partial charge in [0.15, 0.2) is 0 Å². The minimum absolute atomic E-state index is 0.0841. The number of ether oxygens (including phenoxy) is 1. The zero-order valence-corrected chi connectivity index (χ0v) is 14.5. The largest absolute Gasteiger partial charge is 0.465 e. The number of hydrogen-bond donors (Lipinski definition) is 1. The van der Waals surface area contributed by atoms with Crippen molar-refractivity contribution in [2.45, 2.75) is 11.8 Å². The summed E-state index contributed by atoms with van der Waals surface area (Å²) in [5, 5.41) is 0. The van der Waals surface area contributed by atoms with Crippen LogP contribution in [0.1, 0.15) is 15.9 Å². The van der Waals surface area contributed by atoms with E-state index in [9.17, 15) is 17.6 Å². The molecule has 0 amide bonds.